The molecule has 2 saturated heterocycles. The highest BCUT2D eigenvalue weighted by molar-refractivity contribution is 7.99. The van der Waals surface area contributed by atoms with Gasteiger partial charge in [-0.05, 0) is 30.0 Å². The van der Waals surface area contributed by atoms with Crippen molar-refractivity contribution in [3.05, 3.63) is 28.8 Å². The molecule has 0 aliphatic carbocycles. The molecule has 9 nitrogen and oxygen atoms in total. The zero-order valence-corrected chi connectivity index (χ0v) is 17.2. The second-order valence-corrected chi connectivity index (χ2v) is 7.91. The number of benzene rings is 1. The Balaban J connectivity index is 1.66. The van der Waals surface area contributed by atoms with E-state index in [1.165, 1.54) is 17.8 Å². The van der Waals surface area contributed by atoms with Crippen molar-refractivity contribution >= 4 is 41.2 Å². The summed E-state index contributed by atoms with van der Waals surface area (Å²) in [6.07, 6.45) is 0. The van der Waals surface area contributed by atoms with E-state index in [4.69, 9.17) is 21.1 Å². The number of halogens is 1. The van der Waals surface area contributed by atoms with Gasteiger partial charge in [0.1, 0.15) is 0 Å². The first-order valence-corrected chi connectivity index (χ1v) is 10.4. The Bertz CT molecular complexity index is 854. The molecule has 1 N–H and O–H groups in total. The average Bonchev–Trinajstić information content (AvgIpc) is 2.76. The Hall–Kier alpha value is -2.14. The monoisotopic (exact) mass is 437 g/mol. The van der Waals surface area contributed by atoms with E-state index < -0.39 is 5.97 Å². The van der Waals surface area contributed by atoms with Crippen molar-refractivity contribution in [2.75, 3.05) is 62.4 Å². The summed E-state index contributed by atoms with van der Waals surface area (Å²) in [7, 11) is 0. The fourth-order valence-electron chi connectivity index (χ4n) is 3.03. The van der Waals surface area contributed by atoms with Gasteiger partial charge in [-0.3, -0.25) is 0 Å². The second-order valence-electron chi connectivity index (χ2n) is 6.47. The quantitative estimate of drug-likeness (QED) is 0.747. The van der Waals surface area contributed by atoms with Crippen molar-refractivity contribution in [1.29, 1.82) is 0 Å². The number of rotatable bonds is 5. The van der Waals surface area contributed by atoms with Crippen LogP contribution in [-0.4, -0.2) is 78.6 Å². The Morgan fingerprint density at radius 1 is 0.966 bits per heavy atom. The van der Waals surface area contributed by atoms with E-state index in [1.807, 2.05) is 0 Å². The number of hydrogen-bond acceptors (Lipinski definition) is 9. The Kier molecular flexibility index (Phi) is 6.34. The first-order valence-electron chi connectivity index (χ1n) is 9.22. The number of nitrogens with zero attached hydrogens (tertiary/aromatic N) is 5. The van der Waals surface area contributed by atoms with Crippen LogP contribution in [0.25, 0.3) is 0 Å². The number of carbonyl (C=O) groups is 1. The number of aromatic nitrogens is 3. The molecule has 29 heavy (non-hydrogen) atoms. The van der Waals surface area contributed by atoms with Gasteiger partial charge in [-0.15, -0.1) is 0 Å². The van der Waals surface area contributed by atoms with Crippen LogP contribution >= 0.6 is 23.4 Å². The highest BCUT2D eigenvalue weighted by Crippen LogP contribution is 2.30. The van der Waals surface area contributed by atoms with Crippen LogP contribution in [0.15, 0.2) is 28.3 Å². The zero-order chi connectivity index (χ0) is 20.2. The molecule has 2 aliphatic rings. The third-order valence-corrected chi connectivity index (χ3v) is 5.74. The summed E-state index contributed by atoms with van der Waals surface area (Å²) in [5, 5.41) is 10.0. The summed E-state index contributed by atoms with van der Waals surface area (Å²) < 4.78 is 10.9. The fourth-order valence-corrected chi connectivity index (χ4v) is 4.00. The van der Waals surface area contributed by atoms with Crippen LogP contribution in [0, 0.1) is 0 Å². The Labute approximate surface area is 177 Å². The predicted molar refractivity (Wildman–Crippen MR) is 108 cm³/mol. The molecule has 0 unspecified atom stereocenters. The summed E-state index contributed by atoms with van der Waals surface area (Å²) in [5.41, 5.74) is 0.0486. The summed E-state index contributed by atoms with van der Waals surface area (Å²) in [6, 6.07) is 4.86. The Morgan fingerprint density at radius 2 is 1.52 bits per heavy atom. The molecular formula is C18H20ClN5O4S. The van der Waals surface area contributed by atoms with E-state index in [2.05, 4.69) is 24.8 Å². The second kappa shape index (κ2) is 9.12. The van der Waals surface area contributed by atoms with E-state index in [0.29, 0.717) is 74.6 Å². The summed E-state index contributed by atoms with van der Waals surface area (Å²) in [5.74, 6) is 0.121. The molecule has 0 radical (unpaired) electrons. The molecule has 2 aromatic rings. The minimum Gasteiger partial charge on any atom is -0.478 e. The van der Waals surface area contributed by atoms with Crippen LogP contribution in [0.1, 0.15) is 10.4 Å². The van der Waals surface area contributed by atoms with Crippen LogP contribution in [0.4, 0.5) is 11.9 Å². The smallest absolute Gasteiger partial charge is 0.337 e. The van der Waals surface area contributed by atoms with Crippen LogP contribution in [-0.2, 0) is 9.47 Å². The molecule has 11 heteroatoms. The van der Waals surface area contributed by atoms with Gasteiger partial charge in [0.15, 0.2) is 5.16 Å². The third kappa shape index (κ3) is 4.89. The van der Waals surface area contributed by atoms with Crippen LogP contribution in [0.5, 0.6) is 0 Å². The normalized spacial score (nSPS) is 17.4. The van der Waals surface area contributed by atoms with Crippen molar-refractivity contribution < 1.29 is 19.4 Å². The molecule has 1 aromatic carbocycles. The van der Waals surface area contributed by atoms with Gasteiger partial charge < -0.3 is 24.4 Å². The highest BCUT2D eigenvalue weighted by atomic mass is 35.5. The lowest BCUT2D eigenvalue weighted by molar-refractivity contribution is 0.0696. The molecule has 0 spiro atoms. The number of hydrogen-bond donors (Lipinski definition) is 1. The molecule has 0 atom stereocenters. The lowest BCUT2D eigenvalue weighted by Gasteiger charge is -2.30. The highest BCUT2D eigenvalue weighted by Gasteiger charge is 2.21. The minimum absolute atomic E-state index is 0.0486. The van der Waals surface area contributed by atoms with E-state index in [-0.39, 0.29) is 10.6 Å². The molecule has 4 rings (SSSR count). The number of carboxylic acids is 1. The van der Waals surface area contributed by atoms with Crippen molar-refractivity contribution in [2.45, 2.75) is 10.1 Å². The number of ether oxygens (including phenoxy) is 2. The first-order chi connectivity index (χ1) is 14.1. The molecule has 0 bridgehead atoms. The van der Waals surface area contributed by atoms with Gasteiger partial charge in [-0.1, -0.05) is 11.6 Å². The molecular weight excluding hydrogens is 418 g/mol. The fraction of sp³-hybridized carbons (Fsp3) is 0.444. The van der Waals surface area contributed by atoms with Crippen LogP contribution < -0.4 is 9.80 Å². The standard InChI is InChI=1S/C18H20ClN5O4S/c19-14-2-1-12(11-13(14)15(25)26)29-18-21-16(23-3-7-27-8-4-23)20-17(22-18)24-5-9-28-10-6-24/h1-2,11H,3-10H2,(H,25,26). The van der Waals surface area contributed by atoms with Crippen molar-refractivity contribution in [2.24, 2.45) is 0 Å². The van der Waals surface area contributed by atoms with Gasteiger partial charge in [0.25, 0.3) is 0 Å². The van der Waals surface area contributed by atoms with Crippen molar-refractivity contribution in [3.63, 3.8) is 0 Å². The van der Waals surface area contributed by atoms with Gasteiger partial charge in [-0.25, -0.2) is 4.79 Å². The largest absolute Gasteiger partial charge is 0.478 e. The maximum absolute atomic E-state index is 11.4. The maximum atomic E-state index is 11.4. The molecule has 0 saturated carbocycles. The van der Waals surface area contributed by atoms with E-state index in [0.717, 1.165) is 0 Å². The SMILES string of the molecule is O=C(O)c1cc(Sc2nc(N3CCOCC3)nc(N3CCOCC3)n2)ccc1Cl. The van der Waals surface area contributed by atoms with Crippen LogP contribution in [0.3, 0.4) is 0 Å². The minimum atomic E-state index is -1.07. The molecule has 1 aromatic heterocycles. The van der Waals surface area contributed by atoms with Gasteiger partial charge in [0.05, 0.1) is 37.0 Å². The van der Waals surface area contributed by atoms with Crippen LogP contribution in [0.2, 0.25) is 5.02 Å². The maximum Gasteiger partial charge on any atom is 0.337 e. The van der Waals surface area contributed by atoms with Gasteiger partial charge in [-0.2, -0.15) is 15.0 Å². The predicted octanol–water partition coefficient (Wildman–Crippen LogP) is 2.05. The molecule has 2 fully saturated rings. The summed E-state index contributed by atoms with van der Waals surface area (Å²) >= 11 is 7.26. The van der Waals surface area contributed by atoms with Crippen molar-refractivity contribution in [1.82, 2.24) is 15.0 Å². The number of morpholine rings is 2. The van der Waals surface area contributed by atoms with Crippen molar-refractivity contribution in [3.8, 4) is 0 Å². The molecule has 0 amide bonds. The lowest BCUT2D eigenvalue weighted by atomic mass is 10.2. The lowest BCUT2D eigenvalue weighted by Crippen LogP contribution is -2.40. The topological polar surface area (TPSA) is 101 Å². The van der Waals surface area contributed by atoms with E-state index in [1.54, 1.807) is 12.1 Å². The number of aromatic carboxylic acids is 1. The number of carboxylic acid groups (broad SMARTS) is 1. The average molecular weight is 438 g/mol. The van der Waals surface area contributed by atoms with E-state index in [9.17, 15) is 9.90 Å². The van der Waals surface area contributed by atoms with Gasteiger partial charge in [0, 0.05) is 31.1 Å². The number of anilines is 2. The van der Waals surface area contributed by atoms with Gasteiger partial charge in [0.2, 0.25) is 11.9 Å². The molecule has 3 heterocycles. The summed E-state index contributed by atoms with van der Waals surface area (Å²) in [4.78, 5) is 30.1. The zero-order valence-electron chi connectivity index (χ0n) is 15.6. The molecule has 154 valence electrons. The van der Waals surface area contributed by atoms with Gasteiger partial charge >= 0.3 is 5.97 Å². The third-order valence-electron chi connectivity index (χ3n) is 4.56. The first kappa shape index (κ1) is 20.1. The molecule has 2 aliphatic heterocycles. The van der Waals surface area contributed by atoms with E-state index >= 15 is 0 Å². The summed E-state index contributed by atoms with van der Waals surface area (Å²) in [6.45, 7) is 5.34. The Morgan fingerprint density at radius 3 is 2.03 bits per heavy atom.